The second kappa shape index (κ2) is 15.9. The third-order valence-electron chi connectivity index (χ3n) is 15.3. The predicted molar refractivity (Wildman–Crippen MR) is 236 cm³/mol. The van der Waals surface area contributed by atoms with Gasteiger partial charge in [-0.2, -0.15) is 0 Å². The van der Waals surface area contributed by atoms with Crippen LogP contribution in [0.3, 0.4) is 0 Å². The lowest BCUT2D eigenvalue weighted by Crippen LogP contribution is -2.87. The van der Waals surface area contributed by atoms with Gasteiger partial charge in [-0.05, 0) is 30.3 Å². The molecule has 0 amide bonds. The van der Waals surface area contributed by atoms with Crippen molar-refractivity contribution in [2.75, 3.05) is 13.2 Å². The first-order chi connectivity index (χ1) is 37.1. The summed E-state index contributed by atoms with van der Waals surface area (Å²) in [6.45, 7) is 1.70. The Hall–Kier alpha value is -9.24. The van der Waals surface area contributed by atoms with Gasteiger partial charge in [0.15, 0.2) is 75.8 Å². The van der Waals surface area contributed by atoms with Gasteiger partial charge in [-0.15, -0.1) is 0 Å². The fraction of sp³-hybridized carbons (Fsp3) is 0.333. The Morgan fingerprint density at radius 1 is 0.620 bits per heavy atom. The van der Waals surface area contributed by atoms with E-state index in [0.717, 1.165) is 0 Å². The first kappa shape index (κ1) is 50.6. The number of esters is 5. The molecule has 31 nitrogen and oxygen atoms in total. The molecule has 1 saturated carbocycles. The molecule has 79 heavy (non-hydrogen) atoms. The Bertz CT molecular complexity index is 3530. The Kier molecular flexibility index (Phi) is 10.2. The summed E-state index contributed by atoms with van der Waals surface area (Å²) < 4.78 is 58.4. The number of benzene rings is 4. The Morgan fingerprint density at radius 3 is 1.81 bits per heavy atom. The predicted octanol–water partition coefficient (Wildman–Crippen LogP) is -1.88. The number of aliphatic hydroxyl groups excluding tert-OH is 1. The number of cyclic esters (lactones) is 1. The van der Waals surface area contributed by atoms with Crippen LogP contribution in [-0.4, -0.2) is 191 Å². The number of Topliss-reactive ketones (excluding diaryl/α,β-unsaturated/α-hetero) is 1. The average molecular weight is 1110 g/mol. The van der Waals surface area contributed by atoms with E-state index in [1.807, 2.05) is 0 Å². The third-order valence-corrected chi connectivity index (χ3v) is 15.3. The number of hydrogen-bond acceptors (Lipinski definition) is 31. The number of ketones is 1. The van der Waals surface area contributed by atoms with E-state index in [2.05, 4.69) is 6.58 Å². The van der Waals surface area contributed by atoms with Crippen LogP contribution in [0.15, 0.2) is 42.7 Å². The summed E-state index contributed by atoms with van der Waals surface area (Å²) in [6.07, 6.45) is -18.3. The molecule has 13 atom stereocenters. The van der Waals surface area contributed by atoms with Crippen LogP contribution in [-0.2, 0) is 52.2 Å². The molecule has 0 radical (unpaired) electrons. The molecule has 31 heteroatoms. The minimum atomic E-state index is -3.93. The van der Waals surface area contributed by atoms with Gasteiger partial charge in [-0.3, -0.25) is 4.79 Å². The van der Waals surface area contributed by atoms with E-state index >= 15 is 9.59 Å². The molecule has 6 bridgehead atoms. The molecule has 0 aromatic heterocycles. The van der Waals surface area contributed by atoms with Crippen molar-refractivity contribution in [3.63, 3.8) is 0 Å². The SMILES string of the molecule is C=C1O[C@H]2[C@@H]3OC(=O)c4cc(O)c(O)c(O)c4-c4c(cc(O)c(O)c4O)C(=O)OC[C@H]2O[C@@H](OC(=O)c2cc(O)c(O)c(O)c2)[C@@H]3OC(=O)c2cc(O)c(O)c3c2C2C(O)(O3)C3(O)OC4(C(=O)OC5C(O)COC54O)C12CC3=O. The van der Waals surface area contributed by atoms with Gasteiger partial charge >= 0.3 is 29.8 Å². The van der Waals surface area contributed by atoms with E-state index in [-0.39, 0.29) is 0 Å². The molecule has 5 saturated heterocycles. The first-order valence-electron chi connectivity index (χ1n) is 22.9. The molecule has 13 rings (SSSR count). The number of phenols is 11. The Balaban J connectivity index is 1.13. The van der Waals surface area contributed by atoms with E-state index in [0.29, 0.717) is 30.3 Å². The first-order valence-corrected chi connectivity index (χ1v) is 22.9. The fourth-order valence-electron chi connectivity index (χ4n) is 11.8. The van der Waals surface area contributed by atoms with Crippen molar-refractivity contribution < 1.29 is 153 Å². The van der Waals surface area contributed by atoms with Crippen molar-refractivity contribution >= 4 is 35.6 Å². The van der Waals surface area contributed by atoms with Gasteiger partial charge in [-0.1, -0.05) is 6.58 Å². The zero-order valence-corrected chi connectivity index (χ0v) is 39.1. The molecule has 6 fully saturated rings. The number of phenolic OH excluding ortho intramolecular Hbond substituents is 11. The van der Waals surface area contributed by atoms with Gasteiger partial charge in [-0.25, -0.2) is 24.0 Å². The van der Waals surface area contributed by atoms with E-state index < -0.39 is 246 Å². The van der Waals surface area contributed by atoms with Crippen molar-refractivity contribution in [3.05, 3.63) is 70.5 Å². The number of hydrogen-bond donors (Lipinski definition) is 15. The second-order valence-corrected chi connectivity index (χ2v) is 19.4. The third kappa shape index (κ3) is 6.07. The second-order valence-electron chi connectivity index (χ2n) is 19.4. The van der Waals surface area contributed by atoms with Crippen LogP contribution in [0.2, 0.25) is 0 Å². The van der Waals surface area contributed by atoms with E-state index in [9.17, 15) is 95.8 Å². The molecule has 414 valence electrons. The number of aliphatic hydroxyl groups is 4. The highest BCUT2D eigenvalue weighted by Gasteiger charge is 2.96. The molecular formula is C48H36O31. The molecule has 15 N–H and O–H groups in total. The fourth-order valence-corrected chi connectivity index (χ4v) is 11.8. The summed E-state index contributed by atoms with van der Waals surface area (Å²) in [5, 5.41) is 168. The van der Waals surface area contributed by atoms with Gasteiger partial charge < -0.3 is 124 Å². The molecule has 2 spiro atoms. The maximum Gasteiger partial charge on any atom is 0.346 e. The van der Waals surface area contributed by atoms with Crippen molar-refractivity contribution in [2.45, 2.75) is 78.2 Å². The van der Waals surface area contributed by atoms with Crippen LogP contribution in [0.5, 0.6) is 69.0 Å². The van der Waals surface area contributed by atoms with Crippen molar-refractivity contribution in [1.29, 1.82) is 0 Å². The summed E-state index contributed by atoms with van der Waals surface area (Å²) in [7, 11) is 0. The zero-order valence-electron chi connectivity index (χ0n) is 39.1. The quantitative estimate of drug-likeness (QED) is 0.0593. The lowest BCUT2D eigenvalue weighted by molar-refractivity contribution is -0.462. The molecule has 8 unspecified atom stereocenters. The van der Waals surface area contributed by atoms with Gasteiger partial charge in [0.05, 0.1) is 40.2 Å². The van der Waals surface area contributed by atoms with E-state index in [1.54, 1.807) is 0 Å². The van der Waals surface area contributed by atoms with Crippen molar-refractivity contribution in [3.8, 4) is 80.1 Å². The van der Waals surface area contributed by atoms with Gasteiger partial charge in [0.1, 0.15) is 24.6 Å². The van der Waals surface area contributed by atoms with Crippen LogP contribution in [0.4, 0.5) is 0 Å². The summed E-state index contributed by atoms with van der Waals surface area (Å²) in [6, 6.07) is 2.35. The van der Waals surface area contributed by atoms with E-state index in [1.165, 1.54) is 0 Å². The van der Waals surface area contributed by atoms with Crippen LogP contribution in [0.25, 0.3) is 11.1 Å². The minimum absolute atomic E-state index is 0.360. The van der Waals surface area contributed by atoms with Crippen molar-refractivity contribution in [2.24, 2.45) is 5.41 Å². The zero-order chi connectivity index (χ0) is 56.9. The number of ether oxygens (including phenoxy) is 10. The number of carbonyl (C=O) groups is 6. The number of carbonyl (C=O) groups excluding carboxylic acids is 6. The maximum absolute atomic E-state index is 15.3. The Morgan fingerprint density at radius 2 is 1.18 bits per heavy atom. The molecule has 4 aromatic rings. The summed E-state index contributed by atoms with van der Waals surface area (Å²) in [4.78, 5) is 88.2. The van der Waals surface area contributed by atoms with Crippen molar-refractivity contribution in [1.82, 2.24) is 0 Å². The highest BCUT2D eigenvalue weighted by atomic mass is 16.8. The lowest BCUT2D eigenvalue weighted by Gasteiger charge is -2.66. The number of rotatable bonds is 2. The van der Waals surface area contributed by atoms with Crippen LogP contribution in [0, 0.1) is 5.41 Å². The lowest BCUT2D eigenvalue weighted by atomic mass is 9.47. The monoisotopic (exact) mass is 1110 g/mol. The van der Waals surface area contributed by atoms with Gasteiger partial charge in [0, 0.05) is 23.1 Å². The highest BCUT2D eigenvalue weighted by molar-refractivity contribution is 6.08. The van der Waals surface area contributed by atoms with Crippen LogP contribution >= 0.6 is 0 Å². The van der Waals surface area contributed by atoms with E-state index in [4.69, 9.17) is 47.4 Å². The highest BCUT2D eigenvalue weighted by Crippen LogP contribution is 2.77. The minimum Gasteiger partial charge on any atom is -0.504 e. The molecule has 4 aromatic carbocycles. The summed E-state index contributed by atoms with van der Waals surface area (Å²) >= 11 is 0. The normalized spacial score (nSPS) is 34.6. The molecule has 8 heterocycles. The maximum atomic E-state index is 15.3. The molecular weight excluding hydrogens is 1070 g/mol. The molecule has 1 aliphatic carbocycles. The molecule has 8 aliphatic heterocycles. The molecule has 9 aliphatic rings. The standard InChI is InChI=1S/C48H36O31/c1-10-44-7-22(55)46(67,79-45(44)43(66)76-37-20(54)8-71-48(37,45)69)47(68)36(44)25-14(6-19(53)29(59)33(25)78-47)41(65)75-35-34-32(72-10)21(73-42(35)77-38(62)11-2-15(49)26(56)16(50)3-11)9-70-39(63)12-4-17(51)27(57)30(60)23(12)24-13(40(64)74-34)5-18(52)28(58)31(24)61/h2-6,20-21,32,34-37,42,49-54,56-61,67-69H,1,7-9H2/t20?,21-,32-,34+,35-,36?,37?,42+,44?,45?,46?,47?,48?/m1/s1. The Labute approximate surface area is 435 Å². The van der Waals surface area contributed by atoms with Crippen LogP contribution in [0.1, 0.15) is 59.3 Å². The summed E-state index contributed by atoms with van der Waals surface area (Å²) in [5.74, 6) is -41.1. The topological polar surface area (TPSA) is 498 Å². The van der Waals surface area contributed by atoms with Gasteiger partial charge in [0.25, 0.3) is 11.6 Å². The largest absolute Gasteiger partial charge is 0.504 e. The van der Waals surface area contributed by atoms with Crippen LogP contribution < -0.4 is 4.74 Å². The summed E-state index contributed by atoms with van der Waals surface area (Å²) in [5.41, 5.74) is -14.2. The number of aromatic hydroxyl groups is 11. The smallest absolute Gasteiger partial charge is 0.346 e. The number of fused-ring (bicyclic) bond motifs is 5. The average Bonchev–Trinajstić information content (AvgIpc) is 1.69. The van der Waals surface area contributed by atoms with Gasteiger partial charge in [0.2, 0.25) is 41.0 Å².